The molecule has 6 heteroatoms. The number of hydrogen-bond donors (Lipinski definition) is 1. The van der Waals surface area contributed by atoms with Crippen LogP contribution in [-0.4, -0.2) is 23.5 Å². The number of amides is 1. The normalized spacial score (nSPS) is 12.0. The number of benzene rings is 1. The minimum atomic E-state index is -0.485. The fourth-order valence-corrected chi connectivity index (χ4v) is 1.28. The van der Waals surface area contributed by atoms with Gasteiger partial charge in [-0.05, 0) is 25.0 Å². The van der Waals surface area contributed by atoms with E-state index in [4.69, 9.17) is 4.74 Å². The highest BCUT2D eigenvalue weighted by molar-refractivity contribution is 5.77. The zero-order chi connectivity index (χ0) is 14.4. The lowest BCUT2D eigenvalue weighted by Crippen LogP contribution is -2.38. The highest BCUT2D eigenvalue weighted by Crippen LogP contribution is 2.17. The number of nitrogens with one attached hydrogen (secondary N) is 1. The van der Waals surface area contributed by atoms with E-state index < -0.39 is 4.92 Å². The van der Waals surface area contributed by atoms with Gasteiger partial charge < -0.3 is 10.1 Å². The molecule has 1 aromatic rings. The lowest BCUT2D eigenvalue weighted by molar-refractivity contribution is -0.384. The minimum Gasteiger partial charge on any atom is -0.484 e. The number of nitro groups is 1. The van der Waals surface area contributed by atoms with Gasteiger partial charge in [0.15, 0.2) is 6.61 Å². The van der Waals surface area contributed by atoms with E-state index in [0.29, 0.717) is 11.7 Å². The molecule has 19 heavy (non-hydrogen) atoms. The van der Waals surface area contributed by atoms with Gasteiger partial charge in [0.1, 0.15) is 5.75 Å². The number of carbonyl (C=O) groups excluding carboxylic acids is 1. The van der Waals surface area contributed by atoms with Crippen LogP contribution in [0.25, 0.3) is 0 Å². The minimum absolute atomic E-state index is 0.00904. The molecular formula is C13H18N2O4. The fraction of sp³-hybridized carbons (Fsp3) is 0.462. The Morgan fingerprint density at radius 3 is 2.37 bits per heavy atom. The standard InChI is InChI=1S/C13H18N2O4/c1-9(2)10(3)14-13(16)8-19-12-6-4-11(5-7-12)15(17)18/h4-7,9-10H,8H2,1-3H3,(H,14,16)/t10-/m0/s1. The molecule has 1 aromatic carbocycles. The third-order valence-corrected chi connectivity index (χ3v) is 2.81. The van der Waals surface area contributed by atoms with Crippen LogP contribution in [0.3, 0.4) is 0 Å². The van der Waals surface area contributed by atoms with Crippen molar-refractivity contribution in [2.75, 3.05) is 6.61 Å². The van der Waals surface area contributed by atoms with E-state index in [9.17, 15) is 14.9 Å². The number of rotatable bonds is 6. The molecule has 0 heterocycles. The number of nitro benzene ring substituents is 1. The van der Waals surface area contributed by atoms with Crippen LogP contribution in [0.5, 0.6) is 5.75 Å². The highest BCUT2D eigenvalue weighted by Gasteiger charge is 2.11. The van der Waals surface area contributed by atoms with Crippen LogP contribution in [0.15, 0.2) is 24.3 Å². The Labute approximate surface area is 111 Å². The van der Waals surface area contributed by atoms with Crippen LogP contribution in [-0.2, 0) is 4.79 Å². The van der Waals surface area contributed by atoms with Gasteiger partial charge in [-0.25, -0.2) is 0 Å². The molecule has 1 amide bonds. The zero-order valence-corrected chi connectivity index (χ0v) is 11.3. The van der Waals surface area contributed by atoms with Gasteiger partial charge in [0.25, 0.3) is 11.6 Å². The quantitative estimate of drug-likeness (QED) is 0.631. The Kier molecular flexibility index (Phi) is 5.29. The maximum Gasteiger partial charge on any atom is 0.269 e. The van der Waals surface area contributed by atoms with Crippen molar-refractivity contribution in [2.45, 2.75) is 26.8 Å². The van der Waals surface area contributed by atoms with Gasteiger partial charge in [-0.15, -0.1) is 0 Å². The Morgan fingerprint density at radius 2 is 1.89 bits per heavy atom. The second-order valence-corrected chi connectivity index (χ2v) is 4.64. The average Bonchev–Trinajstić information content (AvgIpc) is 2.36. The largest absolute Gasteiger partial charge is 0.484 e. The molecule has 0 aliphatic rings. The third-order valence-electron chi connectivity index (χ3n) is 2.81. The van der Waals surface area contributed by atoms with Crippen molar-refractivity contribution in [1.82, 2.24) is 5.32 Å². The molecule has 0 aliphatic heterocycles. The van der Waals surface area contributed by atoms with Gasteiger partial charge in [0, 0.05) is 18.2 Å². The van der Waals surface area contributed by atoms with E-state index >= 15 is 0 Å². The average molecular weight is 266 g/mol. The first-order valence-electron chi connectivity index (χ1n) is 6.06. The van der Waals surface area contributed by atoms with E-state index in [-0.39, 0.29) is 24.2 Å². The van der Waals surface area contributed by atoms with E-state index in [0.717, 1.165) is 0 Å². The van der Waals surface area contributed by atoms with Crippen LogP contribution < -0.4 is 10.1 Å². The van der Waals surface area contributed by atoms with Gasteiger partial charge in [-0.1, -0.05) is 13.8 Å². The molecule has 0 spiro atoms. The summed E-state index contributed by atoms with van der Waals surface area (Å²) in [6.45, 7) is 5.85. The smallest absolute Gasteiger partial charge is 0.269 e. The Morgan fingerprint density at radius 1 is 1.32 bits per heavy atom. The first kappa shape index (κ1) is 14.9. The molecule has 0 radical (unpaired) electrons. The molecule has 0 saturated carbocycles. The van der Waals surface area contributed by atoms with E-state index in [1.807, 2.05) is 20.8 Å². The predicted octanol–water partition coefficient (Wildman–Crippen LogP) is 2.13. The van der Waals surface area contributed by atoms with Crippen molar-refractivity contribution in [2.24, 2.45) is 5.92 Å². The van der Waals surface area contributed by atoms with Crippen molar-refractivity contribution in [3.8, 4) is 5.75 Å². The van der Waals surface area contributed by atoms with E-state index in [1.165, 1.54) is 24.3 Å². The molecule has 0 bridgehead atoms. The first-order valence-corrected chi connectivity index (χ1v) is 6.06. The summed E-state index contributed by atoms with van der Waals surface area (Å²) < 4.78 is 5.25. The Bertz CT molecular complexity index is 442. The summed E-state index contributed by atoms with van der Waals surface area (Å²) in [6, 6.07) is 5.69. The Balaban J connectivity index is 2.44. The summed E-state index contributed by atoms with van der Waals surface area (Å²) in [5.41, 5.74) is -0.00904. The topological polar surface area (TPSA) is 81.5 Å². The van der Waals surface area contributed by atoms with Gasteiger partial charge in [0.2, 0.25) is 0 Å². The number of nitrogens with zero attached hydrogens (tertiary/aromatic N) is 1. The molecule has 104 valence electrons. The maximum absolute atomic E-state index is 11.6. The van der Waals surface area contributed by atoms with Crippen molar-refractivity contribution in [3.05, 3.63) is 34.4 Å². The van der Waals surface area contributed by atoms with Crippen molar-refractivity contribution in [3.63, 3.8) is 0 Å². The fourth-order valence-electron chi connectivity index (χ4n) is 1.28. The molecular weight excluding hydrogens is 248 g/mol. The SMILES string of the molecule is CC(C)[C@H](C)NC(=O)COc1ccc([N+](=O)[O-])cc1. The third kappa shape index (κ3) is 4.95. The molecule has 1 N–H and O–H groups in total. The first-order chi connectivity index (χ1) is 8.90. The maximum atomic E-state index is 11.6. The predicted molar refractivity (Wildman–Crippen MR) is 71.0 cm³/mol. The highest BCUT2D eigenvalue weighted by atomic mass is 16.6. The number of hydrogen-bond acceptors (Lipinski definition) is 4. The lowest BCUT2D eigenvalue weighted by atomic mass is 10.1. The monoisotopic (exact) mass is 266 g/mol. The van der Waals surface area contributed by atoms with E-state index in [1.54, 1.807) is 0 Å². The number of ether oxygens (including phenoxy) is 1. The summed E-state index contributed by atoms with van der Waals surface area (Å²) in [4.78, 5) is 21.5. The van der Waals surface area contributed by atoms with Gasteiger partial charge >= 0.3 is 0 Å². The van der Waals surface area contributed by atoms with Crippen LogP contribution in [0.4, 0.5) is 5.69 Å². The molecule has 0 fully saturated rings. The van der Waals surface area contributed by atoms with Gasteiger partial charge in [-0.2, -0.15) is 0 Å². The molecule has 0 aliphatic carbocycles. The van der Waals surface area contributed by atoms with Crippen molar-refractivity contribution < 1.29 is 14.5 Å². The molecule has 0 saturated heterocycles. The second kappa shape index (κ2) is 6.72. The number of carbonyl (C=O) groups is 1. The summed E-state index contributed by atoms with van der Waals surface area (Å²) in [5.74, 6) is 0.570. The molecule has 1 atom stereocenters. The van der Waals surface area contributed by atoms with Crippen LogP contribution in [0, 0.1) is 16.0 Å². The van der Waals surface area contributed by atoms with Crippen LogP contribution >= 0.6 is 0 Å². The molecule has 0 unspecified atom stereocenters. The molecule has 6 nitrogen and oxygen atoms in total. The zero-order valence-electron chi connectivity index (χ0n) is 11.3. The van der Waals surface area contributed by atoms with Crippen LogP contribution in [0.1, 0.15) is 20.8 Å². The van der Waals surface area contributed by atoms with Crippen molar-refractivity contribution in [1.29, 1.82) is 0 Å². The Hall–Kier alpha value is -2.11. The lowest BCUT2D eigenvalue weighted by Gasteiger charge is -2.17. The summed E-state index contributed by atoms with van der Waals surface area (Å²) in [7, 11) is 0. The summed E-state index contributed by atoms with van der Waals surface area (Å²) in [5, 5.41) is 13.3. The van der Waals surface area contributed by atoms with Crippen molar-refractivity contribution >= 4 is 11.6 Å². The second-order valence-electron chi connectivity index (χ2n) is 4.64. The summed E-state index contributed by atoms with van der Waals surface area (Å²) >= 11 is 0. The molecule has 0 aromatic heterocycles. The molecule has 1 rings (SSSR count). The van der Waals surface area contributed by atoms with Crippen LogP contribution in [0.2, 0.25) is 0 Å². The van der Waals surface area contributed by atoms with Gasteiger partial charge in [-0.3, -0.25) is 14.9 Å². The van der Waals surface area contributed by atoms with E-state index in [2.05, 4.69) is 5.32 Å². The summed E-state index contributed by atoms with van der Waals surface area (Å²) in [6.07, 6.45) is 0. The number of non-ortho nitro benzene ring substituents is 1. The van der Waals surface area contributed by atoms with Gasteiger partial charge in [0.05, 0.1) is 4.92 Å².